The van der Waals surface area contributed by atoms with Crippen LogP contribution in [0.25, 0.3) is 0 Å². The van der Waals surface area contributed by atoms with Gasteiger partial charge in [0.1, 0.15) is 0 Å². The highest BCUT2D eigenvalue weighted by atomic mass is 32.2. The minimum Gasteiger partial charge on any atom is -0.224 e. The van der Waals surface area contributed by atoms with E-state index in [9.17, 15) is 8.42 Å². The van der Waals surface area contributed by atoms with Crippen LogP contribution in [0.5, 0.6) is 0 Å². The van der Waals surface area contributed by atoms with E-state index in [4.69, 9.17) is 0 Å². The molecule has 2 heterocycles. The lowest BCUT2D eigenvalue weighted by Crippen LogP contribution is -2.03. The topological polar surface area (TPSA) is 34.1 Å². The molecule has 0 spiro atoms. The number of rotatable bonds is 2. The van der Waals surface area contributed by atoms with Crippen LogP contribution in [-0.4, -0.2) is 14.2 Å². The maximum Gasteiger partial charge on any atom is 0.179 e. The molecule has 0 N–H and O–H groups in total. The van der Waals surface area contributed by atoms with E-state index < -0.39 is 9.84 Å². The van der Waals surface area contributed by atoms with Crippen LogP contribution in [0.15, 0.2) is 35.2 Å². The van der Waals surface area contributed by atoms with Gasteiger partial charge in [-0.25, -0.2) is 8.42 Å². The van der Waals surface area contributed by atoms with Crippen LogP contribution in [0.4, 0.5) is 0 Å². The summed E-state index contributed by atoms with van der Waals surface area (Å²) in [5.74, 6) is 0.267. The molecule has 4 heteroatoms. The molecule has 2 nitrogen and oxygen atoms in total. The van der Waals surface area contributed by atoms with Crippen molar-refractivity contribution in [3.8, 4) is 0 Å². The van der Waals surface area contributed by atoms with Gasteiger partial charge in [-0.2, -0.15) is 0 Å². The van der Waals surface area contributed by atoms with Gasteiger partial charge >= 0.3 is 0 Å². The first-order chi connectivity index (χ1) is 8.56. The summed E-state index contributed by atoms with van der Waals surface area (Å²) in [7, 11) is -3.04. The summed E-state index contributed by atoms with van der Waals surface area (Å²) in [6.07, 6.45) is 1.38. The molecule has 0 saturated carbocycles. The van der Waals surface area contributed by atoms with E-state index in [-0.39, 0.29) is 5.75 Å². The van der Waals surface area contributed by atoms with Crippen LogP contribution in [0.2, 0.25) is 0 Å². The Morgan fingerprint density at radius 3 is 2.78 bits per heavy atom. The molecule has 1 aliphatic heterocycles. The fourth-order valence-corrected chi connectivity index (χ4v) is 5.20. The summed E-state index contributed by atoms with van der Waals surface area (Å²) in [5, 5.41) is 0. The predicted octanol–water partition coefficient (Wildman–Crippen LogP) is 2.98. The summed E-state index contributed by atoms with van der Waals surface area (Å²) in [4.78, 5) is 3.08. The van der Waals surface area contributed by atoms with Crippen molar-refractivity contribution in [1.29, 1.82) is 0 Å². The molecule has 1 aromatic heterocycles. The molecule has 0 unspecified atom stereocenters. The van der Waals surface area contributed by atoms with Crippen molar-refractivity contribution in [3.05, 3.63) is 51.2 Å². The molecule has 18 heavy (non-hydrogen) atoms. The lowest BCUT2D eigenvalue weighted by Gasteiger charge is -2.06. The van der Waals surface area contributed by atoms with Crippen molar-refractivity contribution >= 4 is 21.2 Å². The van der Waals surface area contributed by atoms with Gasteiger partial charge in [0.2, 0.25) is 0 Å². The zero-order valence-corrected chi connectivity index (χ0v) is 11.8. The molecular formula is C14H14O2S2. The lowest BCUT2D eigenvalue weighted by atomic mass is 10.1. The first-order valence-electron chi connectivity index (χ1n) is 5.95. The average Bonchev–Trinajstić information content (AvgIpc) is 2.84. The molecule has 94 valence electrons. The molecular weight excluding hydrogens is 264 g/mol. The maximum atomic E-state index is 12.1. The molecule has 3 rings (SSSR count). The van der Waals surface area contributed by atoms with E-state index in [0.717, 1.165) is 17.5 Å². The maximum absolute atomic E-state index is 12.1. The standard InChI is InChI=1S/C14H14O2S2/c1-10-5-6-13(17-10)9-12-4-2-3-11-7-8-18(15,16)14(11)12/h2-6H,7-9H2,1H3. The molecule has 0 bridgehead atoms. The van der Waals surface area contributed by atoms with Gasteiger partial charge in [0.15, 0.2) is 9.84 Å². The SMILES string of the molecule is Cc1ccc(Cc2cccc3c2S(=O)(=O)CC3)s1. The third-order valence-corrected chi connectivity index (χ3v) is 6.18. The number of aryl methyl sites for hydroxylation is 2. The molecule has 0 saturated heterocycles. The number of fused-ring (bicyclic) bond motifs is 1. The fraction of sp³-hybridized carbons (Fsp3) is 0.286. The van der Waals surface area contributed by atoms with Gasteiger partial charge in [0.05, 0.1) is 10.6 Å². The van der Waals surface area contributed by atoms with Crippen molar-refractivity contribution in [2.45, 2.75) is 24.7 Å². The lowest BCUT2D eigenvalue weighted by molar-refractivity contribution is 0.599. The van der Waals surface area contributed by atoms with Gasteiger partial charge in [-0.05, 0) is 36.6 Å². The Bertz CT molecular complexity index is 696. The Hall–Kier alpha value is -1.13. The Morgan fingerprint density at radius 2 is 2.06 bits per heavy atom. The molecule has 0 aliphatic carbocycles. The zero-order chi connectivity index (χ0) is 12.8. The van der Waals surface area contributed by atoms with Gasteiger partial charge in [-0.1, -0.05) is 18.2 Å². The molecule has 1 aliphatic rings. The second-order valence-corrected chi connectivity index (χ2v) is 8.08. The summed E-state index contributed by atoms with van der Waals surface area (Å²) in [6.45, 7) is 2.07. The molecule has 2 aromatic rings. The van der Waals surface area contributed by atoms with Gasteiger partial charge < -0.3 is 0 Å². The smallest absolute Gasteiger partial charge is 0.179 e. The summed E-state index contributed by atoms with van der Waals surface area (Å²) in [6, 6.07) is 10.0. The van der Waals surface area contributed by atoms with Crippen molar-refractivity contribution in [2.24, 2.45) is 0 Å². The number of thiophene rings is 1. The monoisotopic (exact) mass is 278 g/mol. The zero-order valence-electron chi connectivity index (χ0n) is 10.1. The highest BCUT2D eigenvalue weighted by molar-refractivity contribution is 7.91. The van der Waals surface area contributed by atoms with Crippen molar-refractivity contribution in [3.63, 3.8) is 0 Å². The number of hydrogen-bond acceptors (Lipinski definition) is 3. The normalized spacial score (nSPS) is 16.7. The summed E-state index contributed by atoms with van der Waals surface area (Å²) >= 11 is 1.73. The van der Waals surface area contributed by atoms with Crippen LogP contribution in [0, 0.1) is 6.92 Å². The Labute approximate surface area is 111 Å². The van der Waals surface area contributed by atoms with E-state index in [1.165, 1.54) is 9.75 Å². The van der Waals surface area contributed by atoms with Crippen LogP contribution < -0.4 is 0 Å². The summed E-state index contributed by atoms with van der Waals surface area (Å²) in [5.41, 5.74) is 1.94. The average molecular weight is 278 g/mol. The summed E-state index contributed by atoms with van der Waals surface area (Å²) < 4.78 is 24.1. The van der Waals surface area contributed by atoms with Crippen molar-refractivity contribution < 1.29 is 8.42 Å². The van der Waals surface area contributed by atoms with Gasteiger partial charge in [-0.15, -0.1) is 11.3 Å². The molecule has 0 amide bonds. The van der Waals surface area contributed by atoms with E-state index in [1.54, 1.807) is 11.3 Å². The fourth-order valence-electron chi connectivity index (χ4n) is 2.49. The highest BCUT2D eigenvalue weighted by Gasteiger charge is 2.28. The molecule has 0 fully saturated rings. The van der Waals surface area contributed by atoms with E-state index in [0.29, 0.717) is 11.3 Å². The number of hydrogen-bond donors (Lipinski definition) is 0. The third kappa shape index (κ3) is 1.99. The Balaban J connectivity index is 2.07. The minimum atomic E-state index is -3.04. The first kappa shape index (κ1) is 11.9. The minimum absolute atomic E-state index is 0.267. The molecule has 1 aromatic carbocycles. The molecule has 0 atom stereocenters. The van der Waals surface area contributed by atoms with E-state index in [2.05, 4.69) is 19.1 Å². The number of sulfone groups is 1. The quantitative estimate of drug-likeness (QED) is 0.846. The Kier molecular flexibility index (Phi) is 2.79. The van der Waals surface area contributed by atoms with Crippen molar-refractivity contribution in [1.82, 2.24) is 0 Å². The Morgan fingerprint density at radius 1 is 1.22 bits per heavy atom. The van der Waals surface area contributed by atoms with Crippen LogP contribution in [0.1, 0.15) is 20.9 Å². The van der Waals surface area contributed by atoms with Gasteiger partial charge in [0, 0.05) is 16.2 Å². The van der Waals surface area contributed by atoms with Crippen LogP contribution in [-0.2, 0) is 22.7 Å². The second-order valence-electron chi connectivity index (χ2n) is 4.66. The van der Waals surface area contributed by atoms with Gasteiger partial charge in [0.25, 0.3) is 0 Å². The third-order valence-electron chi connectivity index (χ3n) is 3.29. The van der Waals surface area contributed by atoms with Crippen molar-refractivity contribution in [2.75, 3.05) is 5.75 Å². The van der Waals surface area contributed by atoms with E-state index >= 15 is 0 Å². The highest BCUT2D eigenvalue weighted by Crippen LogP contribution is 2.31. The predicted molar refractivity (Wildman–Crippen MR) is 74.1 cm³/mol. The van der Waals surface area contributed by atoms with Crippen LogP contribution in [0.3, 0.4) is 0 Å². The van der Waals surface area contributed by atoms with Gasteiger partial charge in [-0.3, -0.25) is 0 Å². The van der Waals surface area contributed by atoms with Crippen LogP contribution >= 0.6 is 11.3 Å². The molecule has 0 radical (unpaired) electrons. The number of benzene rings is 1. The largest absolute Gasteiger partial charge is 0.224 e. The second kappa shape index (κ2) is 4.21. The van der Waals surface area contributed by atoms with E-state index in [1.807, 2.05) is 18.2 Å². The first-order valence-corrected chi connectivity index (χ1v) is 8.42.